The fourth-order valence-corrected chi connectivity index (χ4v) is 4.10. The highest BCUT2D eigenvalue weighted by molar-refractivity contribution is 5.92. The van der Waals surface area contributed by atoms with Gasteiger partial charge in [-0.25, -0.2) is 0 Å². The molecule has 0 saturated carbocycles. The van der Waals surface area contributed by atoms with Crippen molar-refractivity contribution in [1.82, 2.24) is 25.9 Å². The number of H-pyrrole nitrogens is 2. The molecule has 3 amide bonds. The second-order valence-electron chi connectivity index (χ2n) is 9.22. The molecule has 0 aliphatic carbocycles. The van der Waals surface area contributed by atoms with Crippen molar-refractivity contribution in [2.24, 2.45) is 5.73 Å². The lowest BCUT2D eigenvalue weighted by Crippen LogP contribution is -2.59. The van der Waals surface area contributed by atoms with Gasteiger partial charge >= 0.3 is 0 Å². The number of aromatic nitrogens is 2. The number of fused-ring (bicyclic) bond motifs is 2. The second-order valence-corrected chi connectivity index (χ2v) is 9.22. The van der Waals surface area contributed by atoms with Gasteiger partial charge in [-0.15, -0.1) is 0 Å². The Bertz CT molecular complexity index is 1350. The van der Waals surface area contributed by atoms with Gasteiger partial charge in [0, 0.05) is 47.0 Å². The van der Waals surface area contributed by atoms with Crippen LogP contribution in [0, 0.1) is 0 Å². The number of carbonyl (C=O) groups is 3. The number of para-hydroxylation sites is 2. The van der Waals surface area contributed by atoms with E-state index in [1.165, 1.54) is 0 Å². The summed E-state index contributed by atoms with van der Waals surface area (Å²) >= 11 is 0. The van der Waals surface area contributed by atoms with Gasteiger partial charge in [-0.3, -0.25) is 14.4 Å². The minimum atomic E-state index is -1.16. The molecule has 2 atom stereocenters. The van der Waals surface area contributed by atoms with Crippen molar-refractivity contribution in [2.45, 2.75) is 44.4 Å². The van der Waals surface area contributed by atoms with E-state index in [1.54, 1.807) is 13.8 Å². The van der Waals surface area contributed by atoms with Gasteiger partial charge in [0.2, 0.25) is 18.2 Å². The number of benzene rings is 2. The Balaban J connectivity index is 1.56. The molecular weight excluding hydrogens is 444 g/mol. The minimum Gasteiger partial charge on any atom is -0.361 e. The third-order valence-electron chi connectivity index (χ3n) is 5.99. The summed E-state index contributed by atoms with van der Waals surface area (Å²) in [6, 6.07) is 14.6. The van der Waals surface area contributed by atoms with Crippen molar-refractivity contribution in [3.8, 4) is 0 Å². The summed E-state index contributed by atoms with van der Waals surface area (Å²) in [5, 5.41) is 10.3. The lowest BCUT2D eigenvalue weighted by atomic mass is 10.0. The number of hydrogen-bond acceptors (Lipinski definition) is 4. The topological polar surface area (TPSA) is 145 Å². The first-order chi connectivity index (χ1) is 16.8. The van der Waals surface area contributed by atoms with Crippen molar-refractivity contribution >= 4 is 40.0 Å². The van der Waals surface area contributed by atoms with Crippen molar-refractivity contribution in [3.63, 3.8) is 0 Å². The Morgan fingerprint density at radius 2 is 1.46 bits per heavy atom. The number of carbonyl (C=O) groups excluding carboxylic acids is 3. The average Bonchev–Trinajstić information content (AvgIpc) is 3.42. The molecule has 4 rings (SSSR count). The van der Waals surface area contributed by atoms with Crippen LogP contribution in [0.4, 0.5) is 0 Å². The molecule has 0 bridgehead atoms. The number of amides is 3. The average molecular weight is 475 g/mol. The van der Waals surface area contributed by atoms with Crippen LogP contribution in [0.3, 0.4) is 0 Å². The molecule has 0 radical (unpaired) electrons. The van der Waals surface area contributed by atoms with Gasteiger partial charge < -0.3 is 31.7 Å². The normalized spacial score (nSPS) is 13.3. The lowest BCUT2D eigenvalue weighted by molar-refractivity contribution is -0.131. The largest absolute Gasteiger partial charge is 0.361 e. The number of rotatable bonds is 10. The summed E-state index contributed by atoms with van der Waals surface area (Å²) in [5.41, 5.74) is 8.54. The Labute approximate surface area is 202 Å². The molecule has 1 unspecified atom stereocenters. The van der Waals surface area contributed by atoms with E-state index in [4.69, 9.17) is 5.73 Å². The number of nitrogens with one attached hydrogen (secondary N) is 5. The Morgan fingerprint density at radius 1 is 0.914 bits per heavy atom. The standard InChI is InChI=1S/C26H30N6O3/c1-26(2,27)25(35)31-22(11-16-13-28-20-9-5-3-7-18(16)20)24(34)32-23(30-15-33)12-17-14-29-21-10-6-4-8-19(17)21/h3-10,13-15,22-23,28-29H,11-12,27H2,1-2H3,(H,30,33)(H,31,35)(H,32,34)/t22-,23?/m1/s1. The predicted octanol–water partition coefficient (Wildman–Crippen LogP) is 1.84. The van der Waals surface area contributed by atoms with E-state index >= 15 is 0 Å². The van der Waals surface area contributed by atoms with Gasteiger partial charge in [-0.05, 0) is 37.1 Å². The molecule has 7 N–H and O–H groups in total. The molecule has 0 spiro atoms. The fraction of sp³-hybridized carbons (Fsp3) is 0.269. The van der Waals surface area contributed by atoms with Crippen LogP contribution < -0.4 is 21.7 Å². The summed E-state index contributed by atoms with van der Waals surface area (Å²) in [6.07, 6.45) is 4.18. The smallest absolute Gasteiger partial charge is 0.244 e. The Kier molecular flexibility index (Phi) is 6.88. The summed E-state index contributed by atoms with van der Waals surface area (Å²) in [5.74, 6) is -0.874. The van der Waals surface area contributed by atoms with E-state index in [0.717, 1.165) is 32.9 Å². The highest BCUT2D eigenvalue weighted by Gasteiger charge is 2.30. The van der Waals surface area contributed by atoms with Gasteiger partial charge in [0.05, 0.1) is 5.54 Å². The minimum absolute atomic E-state index is 0.249. The van der Waals surface area contributed by atoms with Crippen molar-refractivity contribution in [3.05, 3.63) is 72.1 Å². The van der Waals surface area contributed by atoms with Crippen molar-refractivity contribution in [2.75, 3.05) is 0 Å². The van der Waals surface area contributed by atoms with Crippen LogP contribution in [0.1, 0.15) is 25.0 Å². The monoisotopic (exact) mass is 474 g/mol. The molecule has 35 heavy (non-hydrogen) atoms. The van der Waals surface area contributed by atoms with Crippen LogP contribution >= 0.6 is 0 Å². The van der Waals surface area contributed by atoms with Crippen molar-refractivity contribution < 1.29 is 14.4 Å². The van der Waals surface area contributed by atoms with Gasteiger partial charge in [-0.1, -0.05) is 36.4 Å². The van der Waals surface area contributed by atoms with E-state index in [-0.39, 0.29) is 6.42 Å². The fourth-order valence-electron chi connectivity index (χ4n) is 4.10. The van der Waals surface area contributed by atoms with Crippen LogP contribution in [-0.2, 0) is 27.2 Å². The van der Waals surface area contributed by atoms with E-state index in [1.807, 2.05) is 60.9 Å². The van der Waals surface area contributed by atoms with Crippen LogP contribution in [0.2, 0.25) is 0 Å². The third-order valence-corrected chi connectivity index (χ3v) is 5.99. The molecule has 9 nitrogen and oxygen atoms in total. The van der Waals surface area contributed by atoms with Gasteiger partial charge in [-0.2, -0.15) is 0 Å². The van der Waals surface area contributed by atoms with Crippen LogP contribution in [0.5, 0.6) is 0 Å². The summed E-state index contributed by atoms with van der Waals surface area (Å²) in [7, 11) is 0. The number of nitrogens with two attached hydrogens (primary N) is 1. The summed E-state index contributed by atoms with van der Waals surface area (Å²) in [4.78, 5) is 43.8. The summed E-state index contributed by atoms with van der Waals surface area (Å²) in [6.45, 7) is 3.16. The molecule has 2 aromatic heterocycles. The highest BCUT2D eigenvalue weighted by Crippen LogP contribution is 2.20. The molecule has 4 aromatic rings. The lowest BCUT2D eigenvalue weighted by Gasteiger charge is -2.26. The third kappa shape index (κ3) is 5.52. The molecule has 182 valence electrons. The van der Waals surface area contributed by atoms with Gasteiger partial charge in [0.25, 0.3) is 0 Å². The zero-order valence-corrected chi connectivity index (χ0v) is 19.7. The maximum atomic E-state index is 13.4. The molecule has 0 fully saturated rings. The number of aromatic amines is 2. The molecule has 0 saturated heterocycles. The first-order valence-electron chi connectivity index (χ1n) is 11.5. The van der Waals surface area contributed by atoms with E-state index in [0.29, 0.717) is 12.8 Å². The second kappa shape index (κ2) is 10.0. The molecule has 2 heterocycles. The molecule has 0 aliphatic heterocycles. The Hall–Kier alpha value is -4.11. The molecular formula is C26H30N6O3. The SMILES string of the molecule is CC(C)(N)C(=O)N[C@H](Cc1c[nH]c2ccccc12)C(=O)NC(Cc1c[nH]c2ccccc12)NC=O. The first-order valence-corrected chi connectivity index (χ1v) is 11.5. The molecule has 0 aliphatic rings. The Morgan fingerprint density at radius 3 is 2.00 bits per heavy atom. The molecule has 2 aromatic carbocycles. The maximum Gasteiger partial charge on any atom is 0.244 e. The molecule has 9 heteroatoms. The zero-order chi connectivity index (χ0) is 25.0. The van der Waals surface area contributed by atoms with Crippen LogP contribution in [0.25, 0.3) is 21.8 Å². The van der Waals surface area contributed by atoms with Crippen molar-refractivity contribution in [1.29, 1.82) is 0 Å². The predicted molar refractivity (Wildman–Crippen MR) is 135 cm³/mol. The highest BCUT2D eigenvalue weighted by atomic mass is 16.2. The van der Waals surface area contributed by atoms with E-state index < -0.39 is 29.6 Å². The van der Waals surface area contributed by atoms with Crippen LogP contribution in [0.15, 0.2) is 60.9 Å². The van der Waals surface area contributed by atoms with Gasteiger partial charge in [0.1, 0.15) is 12.2 Å². The number of hydrogen-bond donors (Lipinski definition) is 6. The van der Waals surface area contributed by atoms with E-state index in [9.17, 15) is 14.4 Å². The maximum absolute atomic E-state index is 13.4. The van der Waals surface area contributed by atoms with E-state index in [2.05, 4.69) is 25.9 Å². The zero-order valence-electron chi connectivity index (χ0n) is 19.7. The quantitative estimate of drug-likeness (QED) is 0.154. The first kappa shape index (κ1) is 24.0. The van der Waals surface area contributed by atoms with Gasteiger partial charge in [0.15, 0.2) is 0 Å². The summed E-state index contributed by atoms with van der Waals surface area (Å²) < 4.78 is 0. The van der Waals surface area contributed by atoms with Crippen LogP contribution in [-0.4, -0.2) is 45.9 Å².